The maximum atomic E-state index is 12.5. The second-order valence-corrected chi connectivity index (χ2v) is 12.1. The number of hydrogen-bond donors (Lipinski definition) is 3. The van der Waals surface area contributed by atoms with E-state index in [2.05, 4.69) is 47.6 Å². The van der Waals surface area contributed by atoms with Crippen LogP contribution in [0.4, 0.5) is 17.3 Å². The molecule has 0 saturated heterocycles. The first kappa shape index (κ1) is 26.3. The van der Waals surface area contributed by atoms with Crippen molar-refractivity contribution in [1.82, 2.24) is 33.9 Å². The van der Waals surface area contributed by atoms with E-state index in [0.29, 0.717) is 47.1 Å². The van der Waals surface area contributed by atoms with Crippen molar-refractivity contribution < 1.29 is 13.5 Å². The van der Waals surface area contributed by atoms with E-state index in [0.717, 1.165) is 9.65 Å². The molecule has 3 N–H and O–H groups in total. The van der Waals surface area contributed by atoms with E-state index in [9.17, 15) is 13.5 Å². The van der Waals surface area contributed by atoms with Gasteiger partial charge in [0.25, 0.3) is 10.0 Å². The highest BCUT2D eigenvalue weighted by Crippen LogP contribution is 2.30. The van der Waals surface area contributed by atoms with Gasteiger partial charge in [0.2, 0.25) is 0 Å². The maximum absolute atomic E-state index is 12.5. The molecule has 1 atom stereocenters. The van der Waals surface area contributed by atoms with Crippen molar-refractivity contribution in [3.63, 3.8) is 0 Å². The summed E-state index contributed by atoms with van der Waals surface area (Å²) in [6.07, 6.45) is 10.9. The number of hydrogen-bond acceptors (Lipinski definition) is 10. The maximum Gasteiger partial charge on any atom is 0.256 e. The molecular weight excluding hydrogens is 518 g/mol. The van der Waals surface area contributed by atoms with Crippen LogP contribution in [0.1, 0.15) is 44.7 Å². The Morgan fingerprint density at radius 3 is 2.59 bits per heavy atom. The van der Waals surface area contributed by atoms with Crippen molar-refractivity contribution in [2.45, 2.75) is 50.5 Å². The molecule has 5 rings (SSSR count). The van der Waals surface area contributed by atoms with E-state index in [1.54, 1.807) is 49.3 Å². The third kappa shape index (κ3) is 6.08. The Hall–Kier alpha value is -4.28. The van der Waals surface area contributed by atoms with E-state index in [4.69, 9.17) is 0 Å². The molecule has 0 spiro atoms. The van der Waals surface area contributed by atoms with Crippen LogP contribution in [0.2, 0.25) is 0 Å². The monoisotopic (exact) mass is 547 g/mol. The molecular formula is C26H29N9O3S. The first-order valence-electron chi connectivity index (χ1n) is 12.4. The van der Waals surface area contributed by atoms with Crippen LogP contribution in [0.3, 0.4) is 0 Å². The van der Waals surface area contributed by atoms with Gasteiger partial charge < -0.3 is 15.7 Å². The van der Waals surface area contributed by atoms with Crippen LogP contribution in [0.5, 0.6) is 0 Å². The van der Waals surface area contributed by atoms with Crippen LogP contribution < -0.4 is 10.6 Å². The summed E-state index contributed by atoms with van der Waals surface area (Å²) in [5, 5.41) is 24.8. The summed E-state index contributed by atoms with van der Waals surface area (Å²) in [6.45, 7) is 5.34. The van der Waals surface area contributed by atoms with E-state index < -0.39 is 15.6 Å². The zero-order valence-electron chi connectivity index (χ0n) is 22.0. The number of nitrogens with zero attached hydrogens (tertiary/aromatic N) is 7. The molecule has 4 aromatic rings. The summed E-state index contributed by atoms with van der Waals surface area (Å²) in [5.74, 6) is 7.48. The van der Waals surface area contributed by atoms with Crippen LogP contribution in [0, 0.1) is 11.8 Å². The average Bonchev–Trinajstić information content (AvgIpc) is 3.48. The minimum atomic E-state index is -3.48. The molecule has 4 heterocycles. The third-order valence-corrected chi connectivity index (χ3v) is 8.35. The molecule has 202 valence electrons. The fourth-order valence-electron chi connectivity index (χ4n) is 3.55. The fourth-order valence-corrected chi connectivity index (χ4v) is 5.03. The van der Waals surface area contributed by atoms with E-state index in [1.165, 1.54) is 12.4 Å². The van der Waals surface area contributed by atoms with E-state index >= 15 is 0 Å². The molecule has 0 bridgehead atoms. The van der Waals surface area contributed by atoms with Crippen molar-refractivity contribution >= 4 is 27.3 Å². The molecule has 0 unspecified atom stereocenters. The van der Waals surface area contributed by atoms with Gasteiger partial charge in [0.1, 0.15) is 11.6 Å². The molecule has 1 aliphatic rings. The zero-order chi connectivity index (χ0) is 27.8. The van der Waals surface area contributed by atoms with Crippen LogP contribution in [0.25, 0.3) is 11.4 Å². The molecule has 1 saturated carbocycles. The van der Waals surface area contributed by atoms with Crippen LogP contribution in [0.15, 0.2) is 49.3 Å². The lowest BCUT2D eigenvalue weighted by Crippen LogP contribution is -2.39. The number of aromatic nitrogens is 7. The Kier molecular flexibility index (Phi) is 6.83. The van der Waals surface area contributed by atoms with Crippen LogP contribution in [-0.2, 0) is 17.1 Å². The minimum absolute atomic E-state index is 0.291. The molecule has 1 fully saturated rings. The van der Waals surface area contributed by atoms with E-state index in [-0.39, 0.29) is 11.3 Å². The third-order valence-electron chi connectivity index (χ3n) is 6.32. The Labute approximate surface area is 226 Å². The summed E-state index contributed by atoms with van der Waals surface area (Å²) in [5.41, 5.74) is 1.60. The van der Waals surface area contributed by atoms with Gasteiger partial charge in [-0.15, -0.1) is 0 Å². The Bertz CT molecular complexity index is 1670. The number of anilines is 3. The molecule has 0 aromatic carbocycles. The van der Waals surface area contributed by atoms with Gasteiger partial charge in [0.05, 0.1) is 57.9 Å². The molecule has 13 heteroatoms. The van der Waals surface area contributed by atoms with Gasteiger partial charge in [0, 0.05) is 31.7 Å². The molecule has 1 aliphatic carbocycles. The van der Waals surface area contributed by atoms with Crippen LogP contribution >= 0.6 is 0 Å². The SMILES string of the molecule is C[C@H](Nc1cc(Nc2ccnc(-c3cnn(S(=O)(=O)C4CC4)c3)n2)ncc1C#Cc1cnn(C)c1)C(C)(C)O. The quantitative estimate of drug-likeness (QED) is 0.281. The number of aryl methyl sites for hydroxylation is 1. The molecule has 0 aliphatic heterocycles. The Balaban J connectivity index is 1.41. The van der Waals surface area contributed by atoms with Gasteiger partial charge in [-0.05, 0) is 39.7 Å². The lowest BCUT2D eigenvalue weighted by atomic mass is 10.0. The van der Waals surface area contributed by atoms with E-state index in [1.807, 2.05) is 20.2 Å². The van der Waals surface area contributed by atoms with Crippen molar-refractivity contribution in [3.05, 3.63) is 60.4 Å². The zero-order valence-corrected chi connectivity index (χ0v) is 22.8. The van der Waals surface area contributed by atoms with Gasteiger partial charge >= 0.3 is 0 Å². The van der Waals surface area contributed by atoms with Gasteiger partial charge in [-0.1, -0.05) is 11.8 Å². The highest BCUT2D eigenvalue weighted by molar-refractivity contribution is 7.90. The summed E-state index contributed by atoms with van der Waals surface area (Å²) in [7, 11) is -1.65. The van der Waals surface area contributed by atoms with Gasteiger partial charge in [-0.3, -0.25) is 4.68 Å². The normalized spacial score (nSPS) is 14.4. The largest absolute Gasteiger partial charge is 0.388 e. The summed E-state index contributed by atoms with van der Waals surface area (Å²) >= 11 is 0. The highest BCUT2D eigenvalue weighted by Gasteiger charge is 2.37. The smallest absolute Gasteiger partial charge is 0.256 e. The van der Waals surface area contributed by atoms with Crippen molar-refractivity contribution in [1.29, 1.82) is 0 Å². The van der Waals surface area contributed by atoms with Crippen molar-refractivity contribution in [2.75, 3.05) is 10.6 Å². The Morgan fingerprint density at radius 2 is 1.90 bits per heavy atom. The summed E-state index contributed by atoms with van der Waals surface area (Å²) in [4.78, 5) is 13.3. The first-order chi connectivity index (χ1) is 18.5. The van der Waals surface area contributed by atoms with Crippen LogP contribution in [-0.4, -0.2) is 64.3 Å². The number of pyridine rings is 1. The second kappa shape index (κ2) is 10.1. The first-order valence-corrected chi connectivity index (χ1v) is 13.9. The molecule has 0 amide bonds. The number of nitrogens with one attached hydrogen (secondary N) is 2. The molecule has 39 heavy (non-hydrogen) atoms. The van der Waals surface area contributed by atoms with Gasteiger partial charge in [-0.25, -0.2) is 23.4 Å². The van der Waals surface area contributed by atoms with Crippen molar-refractivity contribution in [2.24, 2.45) is 7.05 Å². The minimum Gasteiger partial charge on any atom is -0.388 e. The van der Waals surface area contributed by atoms with Gasteiger partial charge in [-0.2, -0.15) is 14.3 Å². The number of aliphatic hydroxyl groups is 1. The second-order valence-electron chi connectivity index (χ2n) is 10.0. The molecule has 12 nitrogen and oxygen atoms in total. The summed E-state index contributed by atoms with van der Waals surface area (Å²) < 4.78 is 27.6. The predicted molar refractivity (Wildman–Crippen MR) is 147 cm³/mol. The topological polar surface area (TPSA) is 153 Å². The molecule has 0 radical (unpaired) electrons. The summed E-state index contributed by atoms with van der Waals surface area (Å²) in [6, 6.07) is 3.18. The number of rotatable bonds is 8. The lowest BCUT2D eigenvalue weighted by molar-refractivity contribution is 0.0649. The average molecular weight is 548 g/mol. The molecule has 4 aromatic heterocycles. The predicted octanol–water partition coefficient (Wildman–Crippen LogP) is 2.52. The van der Waals surface area contributed by atoms with Gasteiger partial charge in [0.15, 0.2) is 5.82 Å². The highest BCUT2D eigenvalue weighted by atomic mass is 32.2. The lowest BCUT2D eigenvalue weighted by Gasteiger charge is -2.28. The van der Waals surface area contributed by atoms with Crippen molar-refractivity contribution in [3.8, 4) is 23.2 Å². The fraction of sp³-hybridized carbons (Fsp3) is 0.346. The standard InChI is InChI=1S/C26H29N9O3S/c1-17(26(2,3)36)31-22-11-24(28-13-19(22)6-5-18-12-29-34(4)15-18)32-23-9-10-27-25(33-23)20-14-30-35(16-20)39(37,38)21-7-8-21/h9-17,21,36H,7-8H2,1-4H3,(H2,27,28,31,32,33)/t17-/m0/s1. The Morgan fingerprint density at radius 1 is 1.10 bits per heavy atom.